The summed E-state index contributed by atoms with van der Waals surface area (Å²) in [4.78, 5) is 4.57. The summed E-state index contributed by atoms with van der Waals surface area (Å²) in [6, 6.07) is 5.29. The van der Waals surface area contributed by atoms with E-state index in [0.29, 0.717) is 11.5 Å². The first-order chi connectivity index (χ1) is 8.11. The van der Waals surface area contributed by atoms with Crippen LogP contribution in [0.1, 0.15) is 37.4 Å². The maximum atomic E-state index is 13.5. The van der Waals surface area contributed by atoms with Crippen LogP contribution >= 0.6 is 11.3 Å². The molecular formula is C14H16FNS. The van der Waals surface area contributed by atoms with Crippen LogP contribution in [-0.2, 0) is 0 Å². The van der Waals surface area contributed by atoms with E-state index in [-0.39, 0.29) is 5.82 Å². The molecule has 0 amide bonds. The normalized spacial score (nSPS) is 12.7. The third-order valence-electron chi connectivity index (χ3n) is 3.06. The third-order valence-corrected chi connectivity index (χ3v) is 3.97. The Morgan fingerprint density at radius 1 is 1.41 bits per heavy atom. The van der Waals surface area contributed by atoms with Gasteiger partial charge in [0.25, 0.3) is 0 Å². The van der Waals surface area contributed by atoms with Crippen molar-refractivity contribution in [3.05, 3.63) is 40.7 Å². The Balaban J connectivity index is 2.33. The van der Waals surface area contributed by atoms with Crippen LogP contribution in [0.2, 0.25) is 0 Å². The van der Waals surface area contributed by atoms with Crippen molar-refractivity contribution in [1.29, 1.82) is 0 Å². The van der Waals surface area contributed by atoms with Gasteiger partial charge in [-0.1, -0.05) is 26.0 Å². The number of halogens is 1. The Hall–Kier alpha value is -1.22. The highest BCUT2D eigenvalue weighted by Crippen LogP contribution is 2.28. The maximum absolute atomic E-state index is 13.5. The summed E-state index contributed by atoms with van der Waals surface area (Å²) in [6.45, 7) is 6.08. The molecule has 0 aliphatic heterocycles. The highest BCUT2D eigenvalue weighted by molar-refractivity contribution is 7.13. The highest BCUT2D eigenvalue weighted by Gasteiger charge is 2.10. The fourth-order valence-corrected chi connectivity index (χ4v) is 2.52. The molecule has 0 aliphatic carbocycles. The molecule has 2 rings (SSSR count). The molecule has 0 aliphatic rings. The molecule has 0 bridgehead atoms. The Morgan fingerprint density at radius 3 is 2.82 bits per heavy atom. The topological polar surface area (TPSA) is 12.9 Å². The van der Waals surface area contributed by atoms with Gasteiger partial charge in [0.1, 0.15) is 10.8 Å². The lowest BCUT2D eigenvalue weighted by Crippen LogP contribution is -1.91. The molecular weight excluding hydrogens is 233 g/mol. The Morgan fingerprint density at radius 2 is 2.18 bits per heavy atom. The Bertz CT molecular complexity index is 519. The van der Waals surface area contributed by atoms with Crippen molar-refractivity contribution >= 4 is 11.3 Å². The van der Waals surface area contributed by atoms with Crippen LogP contribution in [0.3, 0.4) is 0 Å². The lowest BCUT2D eigenvalue weighted by molar-refractivity contribution is 0.619. The summed E-state index contributed by atoms with van der Waals surface area (Å²) >= 11 is 1.58. The first-order valence-electron chi connectivity index (χ1n) is 5.83. The Kier molecular flexibility index (Phi) is 3.57. The number of aromatic nitrogens is 1. The van der Waals surface area contributed by atoms with Gasteiger partial charge in [0.2, 0.25) is 0 Å². The van der Waals surface area contributed by atoms with Crippen LogP contribution in [-0.4, -0.2) is 4.98 Å². The quantitative estimate of drug-likeness (QED) is 0.763. The number of hydrogen-bond donors (Lipinski definition) is 0. The zero-order valence-electron chi connectivity index (χ0n) is 10.3. The third kappa shape index (κ3) is 2.55. The smallest absolute Gasteiger partial charge is 0.126 e. The van der Waals surface area contributed by atoms with Gasteiger partial charge in [-0.15, -0.1) is 11.3 Å². The molecule has 0 radical (unpaired) electrons. The molecule has 1 unspecified atom stereocenters. The molecule has 0 saturated carbocycles. The monoisotopic (exact) mass is 249 g/mol. The summed E-state index contributed by atoms with van der Waals surface area (Å²) in [5, 5.41) is 2.97. The van der Waals surface area contributed by atoms with Crippen molar-refractivity contribution in [3.63, 3.8) is 0 Å². The minimum absolute atomic E-state index is 0.164. The van der Waals surface area contributed by atoms with Crippen LogP contribution < -0.4 is 0 Å². The second-order valence-electron chi connectivity index (χ2n) is 4.35. The van der Waals surface area contributed by atoms with Crippen LogP contribution in [0.5, 0.6) is 0 Å². The van der Waals surface area contributed by atoms with Crippen molar-refractivity contribution in [1.82, 2.24) is 4.98 Å². The van der Waals surface area contributed by atoms with Crippen LogP contribution in [0, 0.1) is 12.7 Å². The van der Waals surface area contributed by atoms with Crippen molar-refractivity contribution in [2.24, 2.45) is 0 Å². The van der Waals surface area contributed by atoms with E-state index in [1.165, 1.54) is 0 Å². The van der Waals surface area contributed by atoms with Crippen molar-refractivity contribution in [2.75, 3.05) is 0 Å². The van der Waals surface area contributed by atoms with E-state index >= 15 is 0 Å². The summed E-state index contributed by atoms with van der Waals surface area (Å²) in [5.74, 6) is 0.304. The average Bonchev–Trinajstić information content (AvgIpc) is 2.81. The van der Waals surface area contributed by atoms with E-state index in [0.717, 1.165) is 22.7 Å². The van der Waals surface area contributed by atoms with Crippen LogP contribution in [0.15, 0.2) is 23.6 Å². The number of nitrogens with zero attached hydrogens (tertiary/aromatic N) is 1. The van der Waals surface area contributed by atoms with Gasteiger partial charge in [-0.3, -0.25) is 0 Å². The van der Waals surface area contributed by atoms with Gasteiger partial charge in [-0.05, 0) is 30.9 Å². The molecule has 90 valence electrons. The Labute approximate surface area is 105 Å². The van der Waals surface area contributed by atoms with Gasteiger partial charge < -0.3 is 0 Å². The summed E-state index contributed by atoms with van der Waals surface area (Å²) in [5.41, 5.74) is 2.65. The van der Waals surface area contributed by atoms with Crippen molar-refractivity contribution in [2.45, 2.75) is 33.1 Å². The summed E-state index contributed by atoms with van der Waals surface area (Å²) < 4.78 is 13.5. The number of thiazole rings is 1. The van der Waals surface area contributed by atoms with E-state index in [2.05, 4.69) is 24.2 Å². The first-order valence-corrected chi connectivity index (χ1v) is 6.71. The molecule has 1 atom stereocenters. The fraction of sp³-hybridized carbons (Fsp3) is 0.357. The van der Waals surface area contributed by atoms with Gasteiger partial charge in [-0.2, -0.15) is 0 Å². The van der Waals surface area contributed by atoms with Crippen molar-refractivity contribution in [3.8, 4) is 10.6 Å². The second kappa shape index (κ2) is 4.96. The fourth-order valence-electron chi connectivity index (χ4n) is 1.58. The zero-order valence-corrected chi connectivity index (χ0v) is 11.1. The highest BCUT2D eigenvalue weighted by atomic mass is 32.1. The minimum Gasteiger partial charge on any atom is -0.241 e. The first kappa shape index (κ1) is 12.2. The molecule has 1 heterocycles. The lowest BCUT2D eigenvalue weighted by Gasteiger charge is -2.03. The lowest BCUT2D eigenvalue weighted by atomic mass is 10.1. The maximum Gasteiger partial charge on any atom is 0.126 e. The number of rotatable bonds is 3. The van der Waals surface area contributed by atoms with Gasteiger partial charge in [0.05, 0.1) is 5.69 Å². The molecule has 17 heavy (non-hydrogen) atoms. The van der Waals surface area contributed by atoms with E-state index in [4.69, 9.17) is 0 Å². The van der Waals surface area contributed by atoms with Gasteiger partial charge in [0.15, 0.2) is 0 Å². The molecule has 0 N–H and O–H groups in total. The minimum atomic E-state index is -0.164. The van der Waals surface area contributed by atoms with Gasteiger partial charge in [-0.25, -0.2) is 9.37 Å². The van der Waals surface area contributed by atoms with E-state index < -0.39 is 0 Å². The number of hydrogen-bond acceptors (Lipinski definition) is 2. The summed E-state index contributed by atoms with van der Waals surface area (Å²) in [6.07, 6.45) is 1.07. The standard InChI is InChI=1S/C14H16FNS/c1-4-9(2)13-8-17-14(16-13)11-6-5-10(3)12(15)7-11/h5-9H,4H2,1-3H3. The van der Waals surface area contributed by atoms with E-state index in [9.17, 15) is 4.39 Å². The second-order valence-corrected chi connectivity index (χ2v) is 5.21. The van der Waals surface area contributed by atoms with Gasteiger partial charge >= 0.3 is 0 Å². The zero-order chi connectivity index (χ0) is 12.4. The number of aryl methyl sites for hydroxylation is 1. The van der Waals surface area contributed by atoms with Crippen LogP contribution in [0.4, 0.5) is 4.39 Å². The molecule has 1 aromatic heterocycles. The molecule has 1 aromatic carbocycles. The largest absolute Gasteiger partial charge is 0.241 e. The average molecular weight is 249 g/mol. The molecule has 1 nitrogen and oxygen atoms in total. The molecule has 0 spiro atoms. The van der Waals surface area contributed by atoms with Gasteiger partial charge in [0, 0.05) is 10.9 Å². The van der Waals surface area contributed by atoms with Crippen LogP contribution in [0.25, 0.3) is 10.6 Å². The molecule has 0 saturated heterocycles. The molecule has 2 aromatic rings. The predicted molar refractivity (Wildman–Crippen MR) is 71.0 cm³/mol. The van der Waals surface area contributed by atoms with E-state index in [1.54, 1.807) is 30.4 Å². The molecule has 0 fully saturated rings. The van der Waals surface area contributed by atoms with E-state index in [1.807, 2.05) is 6.07 Å². The van der Waals surface area contributed by atoms with Crippen molar-refractivity contribution < 1.29 is 4.39 Å². The predicted octanol–water partition coefficient (Wildman–Crippen LogP) is 4.77. The molecule has 3 heteroatoms. The number of benzene rings is 1. The SMILES string of the molecule is CCC(C)c1csc(-c2ccc(C)c(F)c2)n1. The summed E-state index contributed by atoms with van der Waals surface area (Å²) in [7, 11) is 0.